The molecule has 3 rings (SSSR count). The third kappa shape index (κ3) is 2.97. The van der Waals surface area contributed by atoms with Crippen molar-refractivity contribution in [3.05, 3.63) is 35.6 Å². The van der Waals surface area contributed by atoms with Gasteiger partial charge in [-0.2, -0.15) is 0 Å². The second kappa shape index (κ2) is 6.04. The SMILES string of the molecule is O=C(O)[C@@]1(C[C@H]2CC(c3ccc(F)cc3)=NO2)CCCNC1. The summed E-state index contributed by atoms with van der Waals surface area (Å²) in [6, 6.07) is 6.09. The molecule has 0 aromatic heterocycles. The molecule has 2 aliphatic heterocycles. The number of halogens is 1. The first-order chi connectivity index (χ1) is 10.6. The van der Waals surface area contributed by atoms with Crippen molar-refractivity contribution in [2.75, 3.05) is 13.1 Å². The number of aliphatic carboxylic acids is 1. The highest BCUT2D eigenvalue weighted by atomic mass is 19.1. The molecule has 22 heavy (non-hydrogen) atoms. The van der Waals surface area contributed by atoms with Crippen LogP contribution in [0.5, 0.6) is 0 Å². The third-order valence-electron chi connectivity index (χ3n) is 4.45. The lowest BCUT2D eigenvalue weighted by atomic mass is 9.75. The van der Waals surface area contributed by atoms with Gasteiger partial charge in [0.2, 0.25) is 0 Å². The van der Waals surface area contributed by atoms with Crippen molar-refractivity contribution in [3.8, 4) is 0 Å². The van der Waals surface area contributed by atoms with Crippen LogP contribution in [0, 0.1) is 11.2 Å². The number of rotatable bonds is 4. The summed E-state index contributed by atoms with van der Waals surface area (Å²) >= 11 is 0. The largest absolute Gasteiger partial charge is 0.481 e. The van der Waals surface area contributed by atoms with E-state index in [1.165, 1.54) is 12.1 Å². The second-order valence-electron chi connectivity index (χ2n) is 6.05. The van der Waals surface area contributed by atoms with Gasteiger partial charge in [-0.3, -0.25) is 4.79 Å². The van der Waals surface area contributed by atoms with Crippen LogP contribution in [0.2, 0.25) is 0 Å². The van der Waals surface area contributed by atoms with Gasteiger partial charge in [0.25, 0.3) is 0 Å². The number of piperidine rings is 1. The molecule has 0 radical (unpaired) electrons. The van der Waals surface area contributed by atoms with E-state index in [0.717, 1.165) is 24.2 Å². The Hall–Kier alpha value is -1.95. The van der Waals surface area contributed by atoms with Gasteiger partial charge in [-0.25, -0.2) is 4.39 Å². The number of hydrogen-bond donors (Lipinski definition) is 2. The average molecular weight is 306 g/mol. The topological polar surface area (TPSA) is 70.9 Å². The van der Waals surface area contributed by atoms with E-state index in [4.69, 9.17) is 4.84 Å². The van der Waals surface area contributed by atoms with Crippen molar-refractivity contribution >= 4 is 11.7 Å². The van der Waals surface area contributed by atoms with Gasteiger partial charge < -0.3 is 15.3 Å². The number of carbonyl (C=O) groups is 1. The minimum absolute atomic E-state index is 0.240. The fourth-order valence-corrected chi connectivity index (χ4v) is 3.20. The van der Waals surface area contributed by atoms with Crippen LogP contribution in [0.15, 0.2) is 29.4 Å². The Balaban J connectivity index is 1.66. The van der Waals surface area contributed by atoms with Crippen molar-refractivity contribution in [1.29, 1.82) is 0 Å². The zero-order valence-electron chi connectivity index (χ0n) is 12.2. The molecule has 1 aromatic carbocycles. The van der Waals surface area contributed by atoms with Crippen molar-refractivity contribution < 1.29 is 19.1 Å². The zero-order valence-corrected chi connectivity index (χ0v) is 12.2. The van der Waals surface area contributed by atoms with Crippen LogP contribution >= 0.6 is 0 Å². The molecule has 0 unspecified atom stereocenters. The van der Waals surface area contributed by atoms with Gasteiger partial charge >= 0.3 is 5.97 Å². The molecule has 2 atom stereocenters. The second-order valence-corrected chi connectivity index (χ2v) is 6.05. The Labute approximate surface area is 128 Å². The molecular weight excluding hydrogens is 287 g/mol. The lowest BCUT2D eigenvalue weighted by molar-refractivity contribution is -0.152. The highest BCUT2D eigenvalue weighted by Gasteiger charge is 2.43. The molecule has 2 aliphatic rings. The molecule has 2 heterocycles. The summed E-state index contributed by atoms with van der Waals surface area (Å²) in [5.74, 6) is -1.07. The molecule has 118 valence electrons. The number of nitrogens with one attached hydrogen (secondary N) is 1. The molecule has 0 spiro atoms. The predicted octanol–water partition coefficient (Wildman–Crippen LogP) is 2.16. The number of nitrogens with zero attached hydrogens (tertiary/aromatic N) is 1. The Kier molecular flexibility index (Phi) is 4.11. The Morgan fingerprint density at radius 3 is 2.86 bits per heavy atom. The fraction of sp³-hybridized carbons (Fsp3) is 0.500. The molecule has 2 N–H and O–H groups in total. The van der Waals surface area contributed by atoms with Gasteiger partial charge in [-0.05, 0) is 37.1 Å². The third-order valence-corrected chi connectivity index (χ3v) is 4.45. The number of carboxylic acids is 1. The Bertz CT molecular complexity index is 580. The Morgan fingerprint density at radius 1 is 1.45 bits per heavy atom. The van der Waals surface area contributed by atoms with Gasteiger partial charge in [0.1, 0.15) is 11.9 Å². The quantitative estimate of drug-likeness (QED) is 0.894. The first-order valence-electron chi connectivity index (χ1n) is 7.52. The minimum Gasteiger partial charge on any atom is -0.481 e. The average Bonchev–Trinajstić information content (AvgIpc) is 2.97. The lowest BCUT2D eigenvalue weighted by Crippen LogP contribution is -2.47. The molecule has 0 bridgehead atoms. The summed E-state index contributed by atoms with van der Waals surface area (Å²) < 4.78 is 13.0. The van der Waals surface area contributed by atoms with Crippen molar-refractivity contribution in [2.24, 2.45) is 10.6 Å². The van der Waals surface area contributed by atoms with Crippen LogP contribution in [-0.2, 0) is 9.63 Å². The summed E-state index contributed by atoms with van der Waals surface area (Å²) in [6.07, 6.45) is 2.26. The van der Waals surface area contributed by atoms with Crippen LogP contribution in [0.3, 0.4) is 0 Å². The molecular formula is C16H19FN2O3. The molecule has 5 nitrogen and oxygen atoms in total. The molecule has 0 amide bonds. The van der Waals surface area contributed by atoms with E-state index in [9.17, 15) is 14.3 Å². The van der Waals surface area contributed by atoms with E-state index in [0.29, 0.717) is 25.8 Å². The summed E-state index contributed by atoms with van der Waals surface area (Å²) in [5, 5.41) is 16.8. The first kappa shape index (κ1) is 15.0. The summed E-state index contributed by atoms with van der Waals surface area (Å²) in [6.45, 7) is 1.33. The lowest BCUT2D eigenvalue weighted by Gasteiger charge is -2.34. The number of oxime groups is 1. The van der Waals surface area contributed by atoms with Gasteiger partial charge in [-0.15, -0.1) is 0 Å². The monoisotopic (exact) mass is 306 g/mol. The van der Waals surface area contributed by atoms with Gasteiger partial charge in [0.15, 0.2) is 0 Å². The van der Waals surface area contributed by atoms with Crippen molar-refractivity contribution in [1.82, 2.24) is 5.32 Å². The minimum atomic E-state index is -0.781. The highest BCUT2D eigenvalue weighted by Crippen LogP contribution is 2.35. The molecule has 1 saturated heterocycles. The Morgan fingerprint density at radius 2 is 2.23 bits per heavy atom. The van der Waals surface area contributed by atoms with Gasteiger partial charge in [-0.1, -0.05) is 17.3 Å². The maximum Gasteiger partial charge on any atom is 0.311 e. The molecule has 1 fully saturated rings. The molecule has 0 saturated carbocycles. The maximum absolute atomic E-state index is 13.0. The number of benzene rings is 1. The molecule has 6 heteroatoms. The summed E-state index contributed by atoms with van der Waals surface area (Å²) in [7, 11) is 0. The number of hydrogen-bond acceptors (Lipinski definition) is 4. The molecule has 0 aliphatic carbocycles. The van der Waals surface area contributed by atoms with Crippen LogP contribution in [0.25, 0.3) is 0 Å². The van der Waals surface area contributed by atoms with Crippen LogP contribution in [-0.4, -0.2) is 36.0 Å². The fourth-order valence-electron chi connectivity index (χ4n) is 3.20. The van der Waals surface area contributed by atoms with Crippen molar-refractivity contribution in [2.45, 2.75) is 31.8 Å². The van der Waals surface area contributed by atoms with Crippen LogP contribution in [0.4, 0.5) is 4.39 Å². The van der Waals surface area contributed by atoms with E-state index in [2.05, 4.69) is 10.5 Å². The van der Waals surface area contributed by atoms with E-state index in [-0.39, 0.29) is 11.9 Å². The van der Waals surface area contributed by atoms with Gasteiger partial charge in [0, 0.05) is 19.4 Å². The smallest absolute Gasteiger partial charge is 0.311 e. The van der Waals surface area contributed by atoms with Crippen LogP contribution in [0.1, 0.15) is 31.2 Å². The normalized spacial score (nSPS) is 28.0. The van der Waals surface area contributed by atoms with Crippen LogP contribution < -0.4 is 5.32 Å². The zero-order chi connectivity index (χ0) is 15.6. The first-order valence-corrected chi connectivity index (χ1v) is 7.52. The van der Waals surface area contributed by atoms with E-state index in [1.807, 2.05) is 0 Å². The van der Waals surface area contributed by atoms with E-state index >= 15 is 0 Å². The predicted molar refractivity (Wildman–Crippen MR) is 79.2 cm³/mol. The summed E-state index contributed by atoms with van der Waals surface area (Å²) in [5.41, 5.74) is 0.779. The molecule has 1 aromatic rings. The van der Waals surface area contributed by atoms with Gasteiger partial charge in [0.05, 0.1) is 11.1 Å². The standard InChI is InChI=1S/C16H19FN2O3/c17-12-4-2-11(3-5-12)14-8-13(22-19-14)9-16(15(20)21)6-1-7-18-10-16/h2-5,13,18H,1,6-10H2,(H,20,21)/t13-,16-/m1/s1. The summed E-state index contributed by atoms with van der Waals surface area (Å²) in [4.78, 5) is 17.1. The van der Waals surface area contributed by atoms with E-state index in [1.54, 1.807) is 12.1 Å². The van der Waals surface area contributed by atoms with E-state index < -0.39 is 11.4 Å². The maximum atomic E-state index is 13.0. The number of carboxylic acid groups (broad SMARTS) is 1. The van der Waals surface area contributed by atoms with Crippen molar-refractivity contribution in [3.63, 3.8) is 0 Å². The highest BCUT2D eigenvalue weighted by molar-refractivity contribution is 6.01.